The number of carbonyl (C=O) groups is 2. The van der Waals surface area contributed by atoms with E-state index < -0.39 is 0 Å². The maximum Gasteiger partial charge on any atom is 0.261 e. The molecule has 2 heterocycles. The normalized spacial score (nSPS) is 12.5. The Bertz CT molecular complexity index is 1100. The van der Waals surface area contributed by atoms with Crippen LogP contribution in [0.25, 0.3) is 6.08 Å². The largest absolute Gasteiger partial charge is 0.486 e. The second-order valence-corrected chi connectivity index (χ2v) is 8.43. The van der Waals surface area contributed by atoms with Crippen LogP contribution in [0.4, 0.5) is 5.69 Å². The summed E-state index contributed by atoms with van der Waals surface area (Å²) in [5, 5.41) is 4.74. The van der Waals surface area contributed by atoms with Gasteiger partial charge in [-0.3, -0.25) is 9.59 Å². The van der Waals surface area contributed by atoms with Crippen LogP contribution in [0.3, 0.4) is 0 Å². The van der Waals surface area contributed by atoms with Gasteiger partial charge >= 0.3 is 0 Å². The van der Waals surface area contributed by atoms with Crippen molar-refractivity contribution in [1.82, 2.24) is 5.32 Å². The van der Waals surface area contributed by atoms with Crippen molar-refractivity contribution in [1.29, 1.82) is 0 Å². The molecule has 7 heteroatoms. The predicted octanol–water partition coefficient (Wildman–Crippen LogP) is 4.78. The smallest absolute Gasteiger partial charge is 0.261 e. The van der Waals surface area contributed by atoms with Gasteiger partial charge in [-0.15, -0.1) is 11.3 Å². The maximum absolute atomic E-state index is 13.1. The van der Waals surface area contributed by atoms with Crippen molar-refractivity contribution in [2.24, 2.45) is 0 Å². The number of hydrogen-bond donors (Lipinski definition) is 1. The van der Waals surface area contributed by atoms with E-state index in [-0.39, 0.29) is 11.8 Å². The number of carbonyl (C=O) groups excluding carboxylic acids is 2. The fourth-order valence-electron chi connectivity index (χ4n) is 3.48. The number of fused-ring (bicyclic) bond motifs is 1. The molecular formula is C26H26N2O4S. The van der Waals surface area contributed by atoms with E-state index in [9.17, 15) is 9.59 Å². The van der Waals surface area contributed by atoms with E-state index in [1.165, 1.54) is 11.3 Å². The van der Waals surface area contributed by atoms with Gasteiger partial charge in [0.2, 0.25) is 5.91 Å². The average Bonchev–Trinajstić information content (AvgIpc) is 3.40. The molecule has 0 atom stereocenters. The summed E-state index contributed by atoms with van der Waals surface area (Å²) >= 11 is 1.40. The number of amides is 2. The van der Waals surface area contributed by atoms with Crippen LogP contribution in [0.15, 0.2) is 72.1 Å². The van der Waals surface area contributed by atoms with Gasteiger partial charge in [0.15, 0.2) is 11.5 Å². The minimum atomic E-state index is -0.105. The summed E-state index contributed by atoms with van der Waals surface area (Å²) in [5.74, 6) is 1.21. The van der Waals surface area contributed by atoms with Crippen LogP contribution in [0, 0.1) is 0 Å². The molecule has 1 aromatic heterocycles. The van der Waals surface area contributed by atoms with Gasteiger partial charge in [0.1, 0.15) is 13.2 Å². The first-order chi connectivity index (χ1) is 16.2. The Morgan fingerprint density at radius 2 is 1.82 bits per heavy atom. The molecule has 0 saturated carbocycles. The van der Waals surface area contributed by atoms with E-state index in [4.69, 9.17) is 9.47 Å². The molecule has 170 valence electrons. The van der Waals surface area contributed by atoms with Gasteiger partial charge in [0.25, 0.3) is 5.91 Å². The molecule has 0 bridgehead atoms. The van der Waals surface area contributed by atoms with Crippen molar-refractivity contribution < 1.29 is 19.1 Å². The third-order valence-electron chi connectivity index (χ3n) is 5.13. The van der Waals surface area contributed by atoms with Crippen molar-refractivity contribution in [3.8, 4) is 11.5 Å². The zero-order chi connectivity index (χ0) is 22.9. The van der Waals surface area contributed by atoms with Gasteiger partial charge < -0.3 is 19.7 Å². The molecule has 1 aliphatic rings. The lowest BCUT2D eigenvalue weighted by atomic mass is 10.2. The zero-order valence-corrected chi connectivity index (χ0v) is 19.1. The van der Waals surface area contributed by atoms with Crippen LogP contribution < -0.4 is 19.7 Å². The highest BCUT2D eigenvalue weighted by atomic mass is 32.1. The van der Waals surface area contributed by atoms with E-state index in [1.54, 1.807) is 11.0 Å². The first-order valence-corrected chi connectivity index (χ1v) is 11.8. The van der Waals surface area contributed by atoms with Crippen LogP contribution in [-0.4, -0.2) is 38.1 Å². The molecule has 0 unspecified atom stereocenters. The van der Waals surface area contributed by atoms with Gasteiger partial charge in [-0.05, 0) is 35.6 Å². The quantitative estimate of drug-likeness (QED) is 0.465. The Labute approximate surface area is 197 Å². The molecule has 0 radical (unpaired) electrons. The van der Waals surface area contributed by atoms with Crippen LogP contribution in [0.2, 0.25) is 0 Å². The van der Waals surface area contributed by atoms with Crippen LogP contribution in [0.1, 0.15) is 28.1 Å². The number of ether oxygens (including phenoxy) is 2. The number of benzene rings is 2. The lowest BCUT2D eigenvalue weighted by Gasteiger charge is -2.24. The van der Waals surface area contributed by atoms with E-state index in [0.29, 0.717) is 55.5 Å². The van der Waals surface area contributed by atoms with Gasteiger partial charge in [-0.1, -0.05) is 48.6 Å². The Morgan fingerprint density at radius 3 is 2.61 bits per heavy atom. The van der Waals surface area contributed by atoms with Gasteiger partial charge in [-0.2, -0.15) is 0 Å². The summed E-state index contributed by atoms with van der Waals surface area (Å²) in [7, 11) is 0. The third-order valence-corrected chi connectivity index (χ3v) is 6.00. The Kier molecular flexibility index (Phi) is 7.76. The van der Waals surface area contributed by atoms with Crippen molar-refractivity contribution in [3.05, 3.63) is 82.6 Å². The number of rotatable bonds is 9. The van der Waals surface area contributed by atoms with Crippen molar-refractivity contribution in [3.63, 3.8) is 0 Å². The van der Waals surface area contributed by atoms with Gasteiger partial charge in [0.05, 0.1) is 4.88 Å². The molecule has 2 aromatic carbocycles. The maximum atomic E-state index is 13.1. The Morgan fingerprint density at radius 1 is 1.00 bits per heavy atom. The van der Waals surface area contributed by atoms with E-state index in [2.05, 4.69) is 5.32 Å². The topological polar surface area (TPSA) is 67.9 Å². The summed E-state index contributed by atoms with van der Waals surface area (Å²) in [4.78, 5) is 27.6. The predicted molar refractivity (Wildman–Crippen MR) is 131 cm³/mol. The second-order valence-electron chi connectivity index (χ2n) is 7.48. The van der Waals surface area contributed by atoms with Crippen molar-refractivity contribution >= 4 is 34.9 Å². The molecule has 4 rings (SSSR count). The van der Waals surface area contributed by atoms with Crippen molar-refractivity contribution in [2.45, 2.75) is 12.8 Å². The SMILES string of the molecule is O=C(NCCCC(=O)N(C/C=C/c1ccccc1)c1ccc2c(c1)OCCO2)c1cccs1. The monoisotopic (exact) mass is 462 g/mol. The molecule has 6 nitrogen and oxygen atoms in total. The zero-order valence-electron chi connectivity index (χ0n) is 18.2. The molecule has 1 aliphatic heterocycles. The highest BCUT2D eigenvalue weighted by molar-refractivity contribution is 7.12. The fraction of sp³-hybridized carbons (Fsp3) is 0.231. The molecule has 0 aliphatic carbocycles. The highest BCUT2D eigenvalue weighted by Gasteiger charge is 2.19. The molecule has 1 N–H and O–H groups in total. The molecule has 33 heavy (non-hydrogen) atoms. The first kappa shape index (κ1) is 22.6. The number of nitrogens with one attached hydrogen (secondary N) is 1. The second kappa shape index (κ2) is 11.3. The molecular weight excluding hydrogens is 436 g/mol. The van der Waals surface area contributed by atoms with Crippen LogP contribution in [0.5, 0.6) is 11.5 Å². The molecule has 0 spiro atoms. The van der Waals surface area contributed by atoms with E-state index in [1.807, 2.05) is 72.1 Å². The molecule has 2 amide bonds. The lowest BCUT2D eigenvalue weighted by molar-refractivity contribution is -0.118. The summed E-state index contributed by atoms with van der Waals surface area (Å²) < 4.78 is 11.3. The standard InChI is InChI=1S/C26H26N2O4S/c29-25(11-4-14-27-26(30)24-10-6-18-33-24)28(15-5-9-20-7-2-1-3-8-20)21-12-13-22-23(19-21)32-17-16-31-22/h1-3,5-10,12-13,18-19H,4,11,14-17H2,(H,27,30)/b9-5+. The minimum Gasteiger partial charge on any atom is -0.486 e. The van der Waals surface area contributed by atoms with E-state index in [0.717, 1.165) is 11.3 Å². The van der Waals surface area contributed by atoms with Crippen molar-refractivity contribution in [2.75, 3.05) is 31.2 Å². The first-order valence-electron chi connectivity index (χ1n) is 10.9. The molecule has 0 saturated heterocycles. The minimum absolute atomic E-state index is 0.0187. The number of anilines is 1. The lowest BCUT2D eigenvalue weighted by Crippen LogP contribution is -2.32. The van der Waals surface area contributed by atoms with E-state index >= 15 is 0 Å². The molecule has 3 aromatic rings. The molecule has 0 fully saturated rings. The summed E-state index contributed by atoms with van der Waals surface area (Å²) in [6.45, 7) is 1.88. The number of nitrogens with zero attached hydrogens (tertiary/aromatic N) is 1. The number of thiophene rings is 1. The Balaban J connectivity index is 1.40. The third kappa shape index (κ3) is 6.23. The van der Waals surface area contributed by atoms with Gasteiger partial charge in [-0.25, -0.2) is 0 Å². The van der Waals surface area contributed by atoms with Crippen LogP contribution in [-0.2, 0) is 4.79 Å². The highest BCUT2D eigenvalue weighted by Crippen LogP contribution is 2.34. The van der Waals surface area contributed by atoms with Crippen LogP contribution >= 0.6 is 11.3 Å². The fourth-order valence-corrected chi connectivity index (χ4v) is 4.12. The summed E-state index contributed by atoms with van der Waals surface area (Å²) in [6.07, 6.45) is 4.85. The van der Waals surface area contributed by atoms with Gasteiger partial charge in [0, 0.05) is 31.3 Å². The summed E-state index contributed by atoms with van der Waals surface area (Å²) in [5.41, 5.74) is 1.83. The summed E-state index contributed by atoms with van der Waals surface area (Å²) in [6, 6.07) is 19.2. The number of hydrogen-bond acceptors (Lipinski definition) is 5. The Hall–Kier alpha value is -3.58. The average molecular weight is 463 g/mol.